The van der Waals surface area contributed by atoms with E-state index in [0.29, 0.717) is 29.4 Å². The number of aromatic nitrogens is 1. The zero-order valence-corrected chi connectivity index (χ0v) is 16.1. The van der Waals surface area contributed by atoms with Crippen LogP contribution in [0.2, 0.25) is 5.02 Å². The number of fused-ring (bicyclic) bond motifs is 1. The summed E-state index contributed by atoms with van der Waals surface area (Å²) in [6, 6.07) is 12.2. The molecular weight excluding hydrogens is 378 g/mol. The fourth-order valence-corrected chi connectivity index (χ4v) is 3.77. The van der Waals surface area contributed by atoms with Crippen LogP contribution in [0.3, 0.4) is 0 Å². The summed E-state index contributed by atoms with van der Waals surface area (Å²) >= 11 is 6.09. The van der Waals surface area contributed by atoms with Crippen molar-refractivity contribution in [3.63, 3.8) is 0 Å². The number of para-hydroxylation sites is 2. The van der Waals surface area contributed by atoms with Crippen LogP contribution in [0.4, 0.5) is 5.69 Å². The Kier molecular flexibility index (Phi) is 5.07. The minimum Gasteiger partial charge on any atom is -0.495 e. The van der Waals surface area contributed by atoms with Crippen molar-refractivity contribution in [1.82, 2.24) is 10.3 Å². The topological polar surface area (TPSA) is 74.4 Å². The van der Waals surface area contributed by atoms with Crippen molar-refractivity contribution in [2.24, 2.45) is 0 Å². The van der Waals surface area contributed by atoms with Crippen LogP contribution in [0.5, 0.6) is 5.75 Å². The second-order valence-electron chi connectivity index (χ2n) is 6.70. The summed E-state index contributed by atoms with van der Waals surface area (Å²) in [5.41, 5.74) is 2.62. The molecule has 0 spiro atoms. The van der Waals surface area contributed by atoms with Gasteiger partial charge in [0, 0.05) is 28.7 Å². The highest BCUT2D eigenvalue weighted by atomic mass is 35.5. The number of carbonyl (C=O) groups excluding carboxylic acids is 2. The Balaban J connectivity index is 1.44. The quantitative estimate of drug-likeness (QED) is 0.626. The van der Waals surface area contributed by atoms with E-state index in [0.717, 1.165) is 16.5 Å². The Morgan fingerprint density at radius 1 is 1.25 bits per heavy atom. The third-order valence-electron chi connectivity index (χ3n) is 4.99. The summed E-state index contributed by atoms with van der Waals surface area (Å²) in [6.07, 6.45) is 2.80. The van der Waals surface area contributed by atoms with Crippen LogP contribution in [-0.2, 0) is 16.0 Å². The standard InChI is InChI=1S/C21H20ClN3O3/c1-28-19-5-3-2-4-18(19)25-20(26)11-17(21(25)27)23-9-8-13-12-24-16-7-6-14(22)10-15(13)16/h2-7,10,12,17,23-24H,8-9,11H2,1H3. The van der Waals surface area contributed by atoms with Crippen molar-refractivity contribution in [2.75, 3.05) is 18.6 Å². The smallest absolute Gasteiger partial charge is 0.251 e. The van der Waals surface area contributed by atoms with E-state index in [4.69, 9.17) is 16.3 Å². The SMILES string of the molecule is COc1ccccc1N1C(=O)CC(NCCc2c[nH]c3ccc(Cl)cc23)C1=O. The van der Waals surface area contributed by atoms with Gasteiger partial charge in [0.25, 0.3) is 5.91 Å². The number of ether oxygens (including phenoxy) is 1. The van der Waals surface area contributed by atoms with E-state index in [9.17, 15) is 9.59 Å². The Morgan fingerprint density at radius 3 is 2.89 bits per heavy atom. The fraction of sp³-hybridized carbons (Fsp3) is 0.238. The molecule has 4 rings (SSSR count). The van der Waals surface area contributed by atoms with Gasteiger partial charge in [0.15, 0.2) is 0 Å². The maximum atomic E-state index is 12.8. The van der Waals surface area contributed by atoms with Crippen LogP contribution in [0.25, 0.3) is 10.9 Å². The molecule has 0 aliphatic carbocycles. The first-order valence-corrected chi connectivity index (χ1v) is 9.45. The molecule has 1 saturated heterocycles. The fourth-order valence-electron chi connectivity index (χ4n) is 3.60. The summed E-state index contributed by atoms with van der Waals surface area (Å²) in [7, 11) is 1.52. The zero-order chi connectivity index (χ0) is 19.7. The second kappa shape index (κ2) is 7.66. The number of anilines is 1. The van der Waals surface area contributed by atoms with Gasteiger partial charge >= 0.3 is 0 Å². The number of carbonyl (C=O) groups is 2. The van der Waals surface area contributed by atoms with E-state index >= 15 is 0 Å². The Labute approximate surface area is 167 Å². The maximum Gasteiger partial charge on any atom is 0.251 e. The number of hydrogen-bond acceptors (Lipinski definition) is 4. The van der Waals surface area contributed by atoms with Gasteiger partial charge in [-0.1, -0.05) is 23.7 Å². The largest absolute Gasteiger partial charge is 0.495 e. The number of halogens is 1. The minimum atomic E-state index is -0.536. The van der Waals surface area contributed by atoms with Crippen molar-refractivity contribution in [2.45, 2.75) is 18.9 Å². The molecular formula is C21H20ClN3O3. The molecule has 2 heterocycles. The second-order valence-corrected chi connectivity index (χ2v) is 7.14. The van der Waals surface area contributed by atoms with Crippen molar-refractivity contribution in [3.05, 3.63) is 59.2 Å². The van der Waals surface area contributed by atoms with Gasteiger partial charge in [-0.2, -0.15) is 0 Å². The molecule has 2 aromatic carbocycles. The summed E-state index contributed by atoms with van der Waals surface area (Å²) in [5.74, 6) is 0.0165. The average Bonchev–Trinajstić information content (AvgIpc) is 3.22. The molecule has 0 saturated carbocycles. The first-order valence-electron chi connectivity index (χ1n) is 9.07. The van der Waals surface area contributed by atoms with Gasteiger partial charge in [-0.3, -0.25) is 9.59 Å². The number of rotatable bonds is 6. The van der Waals surface area contributed by atoms with Crippen LogP contribution < -0.4 is 15.0 Å². The summed E-state index contributed by atoms with van der Waals surface area (Å²) in [4.78, 5) is 29.7. The summed E-state index contributed by atoms with van der Waals surface area (Å²) < 4.78 is 5.29. The first kappa shape index (κ1) is 18.5. The highest BCUT2D eigenvalue weighted by Gasteiger charge is 2.40. The first-order chi connectivity index (χ1) is 13.6. The van der Waals surface area contributed by atoms with Crippen LogP contribution in [0, 0.1) is 0 Å². The normalized spacial score (nSPS) is 16.9. The number of nitrogens with one attached hydrogen (secondary N) is 2. The van der Waals surface area contributed by atoms with Crippen LogP contribution >= 0.6 is 11.6 Å². The van der Waals surface area contributed by atoms with Gasteiger partial charge in [0.05, 0.1) is 25.3 Å². The maximum absolute atomic E-state index is 12.8. The van der Waals surface area contributed by atoms with Gasteiger partial charge < -0.3 is 15.0 Å². The lowest BCUT2D eigenvalue weighted by molar-refractivity contribution is -0.121. The van der Waals surface area contributed by atoms with Crippen LogP contribution in [0.15, 0.2) is 48.7 Å². The average molecular weight is 398 g/mol. The highest BCUT2D eigenvalue weighted by molar-refractivity contribution is 6.31. The van der Waals surface area contributed by atoms with Crippen molar-refractivity contribution < 1.29 is 14.3 Å². The number of amides is 2. The highest BCUT2D eigenvalue weighted by Crippen LogP contribution is 2.31. The van der Waals surface area contributed by atoms with Gasteiger partial charge in [-0.05, 0) is 42.3 Å². The molecule has 1 unspecified atom stereocenters. The van der Waals surface area contributed by atoms with E-state index in [1.165, 1.54) is 12.0 Å². The van der Waals surface area contributed by atoms with E-state index in [-0.39, 0.29) is 18.2 Å². The van der Waals surface area contributed by atoms with Crippen molar-refractivity contribution in [3.8, 4) is 5.75 Å². The lowest BCUT2D eigenvalue weighted by Gasteiger charge is -2.18. The van der Waals surface area contributed by atoms with Crippen LogP contribution in [0.1, 0.15) is 12.0 Å². The zero-order valence-electron chi connectivity index (χ0n) is 15.4. The third-order valence-corrected chi connectivity index (χ3v) is 5.22. The predicted octanol–water partition coefficient (Wildman–Crippen LogP) is 3.29. The molecule has 0 bridgehead atoms. The molecule has 144 valence electrons. The molecule has 1 aliphatic heterocycles. The third kappa shape index (κ3) is 3.37. The number of H-pyrrole nitrogens is 1. The molecule has 1 aliphatic rings. The molecule has 28 heavy (non-hydrogen) atoms. The minimum absolute atomic E-state index is 0.136. The number of hydrogen-bond donors (Lipinski definition) is 2. The van der Waals surface area contributed by atoms with E-state index < -0.39 is 6.04 Å². The summed E-state index contributed by atoms with van der Waals surface area (Å²) in [6.45, 7) is 0.572. The number of methoxy groups -OCH3 is 1. The number of aromatic amines is 1. The molecule has 6 nitrogen and oxygen atoms in total. The molecule has 1 atom stereocenters. The van der Waals surface area contributed by atoms with Crippen molar-refractivity contribution in [1.29, 1.82) is 0 Å². The molecule has 7 heteroatoms. The molecule has 2 N–H and O–H groups in total. The van der Waals surface area contributed by atoms with E-state index in [1.807, 2.05) is 24.4 Å². The lowest BCUT2D eigenvalue weighted by atomic mass is 10.1. The number of imide groups is 1. The monoisotopic (exact) mass is 397 g/mol. The molecule has 2 amide bonds. The molecule has 1 fully saturated rings. The van der Waals surface area contributed by atoms with Gasteiger partial charge in [0.2, 0.25) is 5.91 Å². The Hall–Kier alpha value is -2.83. The lowest BCUT2D eigenvalue weighted by Crippen LogP contribution is -2.39. The Bertz CT molecular complexity index is 1050. The number of benzene rings is 2. The van der Waals surface area contributed by atoms with Crippen molar-refractivity contribution >= 4 is 40.0 Å². The van der Waals surface area contributed by atoms with E-state index in [2.05, 4.69) is 10.3 Å². The molecule has 3 aromatic rings. The molecule has 1 aromatic heterocycles. The van der Waals surface area contributed by atoms with Gasteiger partial charge in [-0.15, -0.1) is 0 Å². The summed E-state index contributed by atoms with van der Waals surface area (Å²) in [5, 5.41) is 4.97. The predicted molar refractivity (Wildman–Crippen MR) is 109 cm³/mol. The van der Waals surface area contributed by atoms with Gasteiger partial charge in [-0.25, -0.2) is 4.90 Å². The molecule has 0 radical (unpaired) electrons. The van der Waals surface area contributed by atoms with Gasteiger partial charge in [0.1, 0.15) is 5.75 Å². The van der Waals surface area contributed by atoms with E-state index in [1.54, 1.807) is 24.3 Å². The van der Waals surface area contributed by atoms with Crippen LogP contribution in [-0.4, -0.2) is 36.5 Å². The Morgan fingerprint density at radius 2 is 2.07 bits per heavy atom. The number of nitrogens with zero attached hydrogens (tertiary/aromatic N) is 1.